The van der Waals surface area contributed by atoms with E-state index in [1.54, 1.807) is 6.20 Å². The van der Waals surface area contributed by atoms with Crippen molar-refractivity contribution in [1.29, 1.82) is 0 Å². The Bertz CT molecular complexity index is 1810. The first-order valence-corrected chi connectivity index (χ1v) is 16.5. The number of carbonyl (C=O) groups excluding carboxylic acids is 5. The number of nitrogens with one attached hydrogen (secondary N) is 4. The van der Waals surface area contributed by atoms with Gasteiger partial charge in [-0.1, -0.05) is 78.9 Å². The molecule has 3 heterocycles. The summed E-state index contributed by atoms with van der Waals surface area (Å²) in [6, 6.07) is 21.8. The van der Waals surface area contributed by atoms with E-state index in [-0.39, 0.29) is 45.2 Å². The molecular formula is C37H40N6O6. The topological polar surface area (TPSA) is 176 Å². The lowest BCUT2D eigenvalue weighted by Crippen LogP contribution is -2.62. The minimum absolute atomic E-state index is 0.00879. The molecular weight excluding hydrogens is 624 g/mol. The third kappa shape index (κ3) is 7.98. The Morgan fingerprint density at radius 3 is 1.98 bits per heavy atom. The van der Waals surface area contributed by atoms with E-state index in [4.69, 9.17) is 10.5 Å². The number of ether oxygens (including phenoxy) is 1. The standard InChI is InChI=1S/C37H40N6O6/c38-16-15-33(44)49-26-20-32-36(47)41-29(17-23-9-3-1-4-10-23)34(45)40-30(19-25-21-39-28-14-8-7-13-27(25)28)35(46)42-31(37(48)43(32)22-26)18-24-11-5-2-6-12-24/h1-14,21,26,29-32,39H,15-20,22,38H2,(H,40,45)(H,41,47)(H,42,46)/t26-,29+,30-,31+,32-/m1/s1. The van der Waals surface area contributed by atoms with Gasteiger partial charge in [0, 0.05) is 49.3 Å². The highest BCUT2D eigenvalue weighted by molar-refractivity contribution is 5.98. The van der Waals surface area contributed by atoms with Gasteiger partial charge in [-0.25, -0.2) is 0 Å². The number of aromatic nitrogens is 1. The van der Waals surface area contributed by atoms with Gasteiger partial charge in [0.25, 0.3) is 0 Å². The lowest BCUT2D eigenvalue weighted by Gasteiger charge is -2.32. The fraction of sp³-hybridized carbons (Fsp3) is 0.324. The van der Waals surface area contributed by atoms with Gasteiger partial charge in [-0.3, -0.25) is 24.0 Å². The average Bonchev–Trinajstić information content (AvgIpc) is 3.72. The number of fused-ring (bicyclic) bond motifs is 2. The van der Waals surface area contributed by atoms with E-state index in [0.717, 1.165) is 27.6 Å². The summed E-state index contributed by atoms with van der Waals surface area (Å²) < 4.78 is 5.60. The normalized spacial score (nSPS) is 23.1. The number of amides is 4. The van der Waals surface area contributed by atoms with Crippen LogP contribution < -0.4 is 21.7 Å². The van der Waals surface area contributed by atoms with Crippen molar-refractivity contribution in [2.75, 3.05) is 13.1 Å². The van der Waals surface area contributed by atoms with Gasteiger partial charge >= 0.3 is 5.97 Å². The Balaban J connectivity index is 1.37. The SMILES string of the molecule is NCCC(=O)O[C@@H]1C[C@@H]2C(=O)N[C@@H](Cc3ccccc3)C(=O)N[C@H](Cc3c[nH]c4ccccc34)C(=O)N[C@@H](Cc3ccccc3)C(=O)N2C1. The number of rotatable bonds is 9. The summed E-state index contributed by atoms with van der Waals surface area (Å²) in [6.07, 6.45) is 1.47. The summed E-state index contributed by atoms with van der Waals surface area (Å²) in [5.41, 5.74) is 8.81. The summed E-state index contributed by atoms with van der Waals surface area (Å²) in [6.45, 7) is 0.0436. The number of nitrogens with zero attached hydrogens (tertiary/aromatic N) is 1. The molecule has 6 rings (SSSR count). The number of esters is 1. The number of carbonyl (C=O) groups is 5. The molecule has 5 atom stereocenters. The molecule has 0 saturated carbocycles. The van der Waals surface area contributed by atoms with Gasteiger partial charge < -0.3 is 36.3 Å². The van der Waals surface area contributed by atoms with Crippen LogP contribution in [0.5, 0.6) is 0 Å². The molecule has 0 unspecified atom stereocenters. The van der Waals surface area contributed by atoms with E-state index >= 15 is 0 Å². The first-order valence-electron chi connectivity index (χ1n) is 16.5. The number of nitrogens with two attached hydrogens (primary N) is 1. The van der Waals surface area contributed by atoms with Crippen LogP contribution in [-0.2, 0) is 48.0 Å². The molecule has 4 amide bonds. The zero-order valence-electron chi connectivity index (χ0n) is 27.0. The Morgan fingerprint density at radius 1 is 0.735 bits per heavy atom. The summed E-state index contributed by atoms with van der Waals surface area (Å²) >= 11 is 0. The van der Waals surface area contributed by atoms with Gasteiger partial charge in [0.05, 0.1) is 13.0 Å². The van der Waals surface area contributed by atoms with Gasteiger partial charge in [0.15, 0.2) is 0 Å². The van der Waals surface area contributed by atoms with Crippen molar-refractivity contribution in [3.8, 4) is 0 Å². The van der Waals surface area contributed by atoms with E-state index in [9.17, 15) is 24.0 Å². The highest BCUT2D eigenvalue weighted by atomic mass is 16.5. The monoisotopic (exact) mass is 664 g/mol. The summed E-state index contributed by atoms with van der Waals surface area (Å²) in [4.78, 5) is 73.7. The molecule has 2 fully saturated rings. The minimum Gasteiger partial charge on any atom is -0.460 e. The highest BCUT2D eigenvalue weighted by Gasteiger charge is 2.45. The Labute approximate surface area is 283 Å². The lowest BCUT2D eigenvalue weighted by atomic mass is 9.99. The lowest BCUT2D eigenvalue weighted by molar-refractivity contribution is -0.149. The second kappa shape index (κ2) is 15.2. The third-order valence-corrected chi connectivity index (χ3v) is 9.04. The predicted molar refractivity (Wildman–Crippen MR) is 182 cm³/mol. The molecule has 2 saturated heterocycles. The minimum atomic E-state index is -1.08. The zero-order valence-corrected chi connectivity index (χ0v) is 27.0. The van der Waals surface area contributed by atoms with Crippen LogP contribution in [0.2, 0.25) is 0 Å². The van der Waals surface area contributed by atoms with Gasteiger partial charge in [-0.2, -0.15) is 0 Å². The highest BCUT2D eigenvalue weighted by Crippen LogP contribution is 2.25. The van der Waals surface area contributed by atoms with Crippen LogP contribution in [0.15, 0.2) is 91.1 Å². The van der Waals surface area contributed by atoms with Crippen molar-refractivity contribution < 1.29 is 28.7 Å². The molecule has 2 aliphatic rings. The number of hydrogen-bond donors (Lipinski definition) is 5. The second-order valence-electron chi connectivity index (χ2n) is 12.5. The maximum Gasteiger partial charge on any atom is 0.307 e. The van der Waals surface area contributed by atoms with Crippen molar-refractivity contribution in [2.45, 2.75) is 62.4 Å². The number of para-hydroxylation sites is 1. The van der Waals surface area contributed by atoms with Gasteiger partial charge in [-0.05, 0) is 22.8 Å². The Morgan fingerprint density at radius 2 is 1.31 bits per heavy atom. The molecule has 49 heavy (non-hydrogen) atoms. The molecule has 254 valence electrons. The largest absolute Gasteiger partial charge is 0.460 e. The molecule has 6 N–H and O–H groups in total. The van der Waals surface area contributed by atoms with E-state index in [1.165, 1.54) is 4.90 Å². The fourth-order valence-corrected chi connectivity index (χ4v) is 6.59. The van der Waals surface area contributed by atoms with Crippen LogP contribution in [0.3, 0.4) is 0 Å². The van der Waals surface area contributed by atoms with Crippen LogP contribution in [0, 0.1) is 0 Å². The molecule has 1 aromatic heterocycles. The van der Waals surface area contributed by atoms with Gasteiger partial charge in [0.1, 0.15) is 30.3 Å². The Hall–Kier alpha value is -5.49. The smallest absolute Gasteiger partial charge is 0.307 e. The van der Waals surface area contributed by atoms with Crippen LogP contribution in [0.1, 0.15) is 29.5 Å². The molecule has 12 nitrogen and oxygen atoms in total. The molecule has 0 radical (unpaired) electrons. The van der Waals surface area contributed by atoms with Crippen molar-refractivity contribution >= 4 is 40.5 Å². The van der Waals surface area contributed by atoms with Crippen molar-refractivity contribution in [3.63, 3.8) is 0 Å². The van der Waals surface area contributed by atoms with E-state index in [2.05, 4.69) is 20.9 Å². The van der Waals surface area contributed by atoms with Crippen LogP contribution >= 0.6 is 0 Å². The van der Waals surface area contributed by atoms with Crippen molar-refractivity contribution in [1.82, 2.24) is 25.8 Å². The number of benzene rings is 3. The van der Waals surface area contributed by atoms with E-state index in [1.807, 2.05) is 84.9 Å². The van der Waals surface area contributed by atoms with Crippen molar-refractivity contribution in [2.24, 2.45) is 5.73 Å². The fourth-order valence-electron chi connectivity index (χ4n) is 6.59. The third-order valence-electron chi connectivity index (χ3n) is 9.04. The molecule has 3 aromatic carbocycles. The summed E-state index contributed by atoms with van der Waals surface area (Å²) in [5, 5.41) is 9.59. The quantitative estimate of drug-likeness (QED) is 0.169. The van der Waals surface area contributed by atoms with Crippen LogP contribution in [0.25, 0.3) is 10.9 Å². The van der Waals surface area contributed by atoms with E-state index < -0.39 is 59.9 Å². The summed E-state index contributed by atoms with van der Waals surface area (Å²) in [5.74, 6) is -2.67. The van der Waals surface area contributed by atoms with Crippen LogP contribution in [0.4, 0.5) is 0 Å². The predicted octanol–water partition coefficient (Wildman–Crippen LogP) is 1.53. The molecule has 2 aliphatic heterocycles. The maximum absolute atomic E-state index is 14.4. The van der Waals surface area contributed by atoms with Gasteiger partial charge in [0.2, 0.25) is 23.6 Å². The number of H-pyrrole nitrogens is 1. The first-order chi connectivity index (χ1) is 23.8. The number of hydrogen-bond acceptors (Lipinski definition) is 7. The first kappa shape index (κ1) is 33.4. The molecule has 4 aromatic rings. The average molecular weight is 665 g/mol. The van der Waals surface area contributed by atoms with Crippen molar-refractivity contribution in [3.05, 3.63) is 108 Å². The van der Waals surface area contributed by atoms with Gasteiger partial charge in [-0.15, -0.1) is 0 Å². The molecule has 0 bridgehead atoms. The Kier molecular flexibility index (Phi) is 10.3. The second-order valence-corrected chi connectivity index (χ2v) is 12.5. The van der Waals surface area contributed by atoms with E-state index in [0.29, 0.717) is 0 Å². The number of aromatic amines is 1. The molecule has 0 spiro atoms. The van der Waals surface area contributed by atoms with Crippen LogP contribution in [-0.4, -0.2) is 82.8 Å². The summed E-state index contributed by atoms with van der Waals surface area (Å²) in [7, 11) is 0. The zero-order chi connectivity index (χ0) is 34.3. The molecule has 0 aliphatic carbocycles. The maximum atomic E-state index is 14.4. The molecule has 12 heteroatoms.